The molecule has 0 heterocycles. The fourth-order valence-corrected chi connectivity index (χ4v) is 3.52. The summed E-state index contributed by atoms with van der Waals surface area (Å²) in [5.74, 6) is 2.10. The Morgan fingerprint density at radius 1 is 1.00 bits per heavy atom. The van der Waals surface area contributed by atoms with Crippen molar-refractivity contribution in [3.8, 4) is 5.75 Å². The van der Waals surface area contributed by atoms with Crippen LogP contribution in [0.1, 0.15) is 83.1 Å². The highest BCUT2D eigenvalue weighted by molar-refractivity contribution is 5.86. The molecule has 2 heteroatoms. The van der Waals surface area contributed by atoms with Gasteiger partial charge in [0.05, 0.1) is 6.61 Å². The van der Waals surface area contributed by atoms with Crippen LogP contribution in [0, 0.1) is 5.92 Å². The molecule has 1 aromatic carbocycles. The predicted molar refractivity (Wildman–Crippen MR) is 96.1 cm³/mol. The van der Waals surface area contributed by atoms with Gasteiger partial charge in [-0.1, -0.05) is 58.1 Å². The average Bonchev–Trinajstić information content (AvgIpc) is 2.58. The first-order chi connectivity index (χ1) is 11.2. The summed E-state index contributed by atoms with van der Waals surface area (Å²) in [7, 11) is 0. The fourth-order valence-electron chi connectivity index (χ4n) is 3.52. The van der Waals surface area contributed by atoms with E-state index < -0.39 is 0 Å². The minimum atomic E-state index is 0.113. The van der Waals surface area contributed by atoms with Crippen LogP contribution in [0.3, 0.4) is 0 Å². The van der Waals surface area contributed by atoms with E-state index in [0.717, 1.165) is 31.6 Å². The summed E-state index contributed by atoms with van der Waals surface area (Å²) < 4.78 is 5.75. The highest BCUT2D eigenvalue weighted by atomic mass is 16.5. The average molecular weight is 316 g/mol. The molecule has 0 amide bonds. The highest BCUT2D eigenvalue weighted by Crippen LogP contribution is 2.35. The molecule has 0 spiro atoms. The number of benzene rings is 1. The Balaban J connectivity index is 1.84. The van der Waals surface area contributed by atoms with Crippen molar-refractivity contribution in [3.05, 3.63) is 29.8 Å². The zero-order chi connectivity index (χ0) is 16.5. The molecule has 1 saturated carbocycles. The monoisotopic (exact) mass is 316 g/mol. The van der Waals surface area contributed by atoms with Crippen LogP contribution in [0.25, 0.3) is 0 Å². The van der Waals surface area contributed by atoms with E-state index in [4.69, 9.17) is 4.74 Å². The molecule has 128 valence electrons. The van der Waals surface area contributed by atoms with E-state index in [-0.39, 0.29) is 5.92 Å². The second-order valence-corrected chi connectivity index (χ2v) is 6.93. The lowest BCUT2D eigenvalue weighted by molar-refractivity contribution is -0.123. The maximum Gasteiger partial charge on any atom is 0.140 e. The molecule has 1 aromatic rings. The van der Waals surface area contributed by atoms with Crippen LogP contribution >= 0.6 is 0 Å². The van der Waals surface area contributed by atoms with Crippen molar-refractivity contribution in [3.63, 3.8) is 0 Å². The second kappa shape index (κ2) is 9.75. The molecular weight excluding hydrogens is 284 g/mol. The highest BCUT2D eigenvalue weighted by Gasteiger charge is 2.29. The number of unbranched alkanes of at least 4 members (excludes halogenated alkanes) is 3. The van der Waals surface area contributed by atoms with Gasteiger partial charge in [-0.25, -0.2) is 0 Å². The molecule has 0 aromatic heterocycles. The third-order valence-corrected chi connectivity index (χ3v) is 5.01. The molecule has 0 radical (unpaired) electrons. The third-order valence-electron chi connectivity index (χ3n) is 5.01. The van der Waals surface area contributed by atoms with Crippen LogP contribution in [0.15, 0.2) is 24.3 Å². The fraction of sp³-hybridized carbons (Fsp3) is 0.667. The normalized spacial score (nSPS) is 21.4. The van der Waals surface area contributed by atoms with Crippen molar-refractivity contribution in [2.45, 2.75) is 77.6 Å². The van der Waals surface area contributed by atoms with Crippen LogP contribution in [-0.2, 0) is 4.79 Å². The molecule has 2 nitrogen and oxygen atoms in total. The van der Waals surface area contributed by atoms with E-state index in [1.807, 2.05) is 12.1 Å². The van der Waals surface area contributed by atoms with Crippen molar-refractivity contribution in [2.24, 2.45) is 5.92 Å². The van der Waals surface area contributed by atoms with Gasteiger partial charge < -0.3 is 4.74 Å². The smallest absolute Gasteiger partial charge is 0.140 e. The first-order valence-corrected chi connectivity index (χ1v) is 9.50. The summed E-state index contributed by atoms with van der Waals surface area (Å²) in [6.45, 7) is 5.21. The van der Waals surface area contributed by atoms with Gasteiger partial charge in [0, 0.05) is 12.3 Å². The zero-order valence-corrected chi connectivity index (χ0v) is 14.9. The Kier molecular flexibility index (Phi) is 7.64. The van der Waals surface area contributed by atoms with E-state index in [2.05, 4.69) is 26.0 Å². The van der Waals surface area contributed by atoms with Crippen molar-refractivity contribution < 1.29 is 9.53 Å². The molecular formula is C21H32O2. The van der Waals surface area contributed by atoms with Crippen molar-refractivity contribution in [1.82, 2.24) is 0 Å². The Morgan fingerprint density at radius 3 is 2.39 bits per heavy atom. The first kappa shape index (κ1) is 18.0. The third kappa shape index (κ3) is 5.67. The van der Waals surface area contributed by atoms with Gasteiger partial charge in [0.15, 0.2) is 0 Å². The van der Waals surface area contributed by atoms with E-state index in [9.17, 15) is 4.79 Å². The van der Waals surface area contributed by atoms with E-state index in [1.54, 1.807) is 0 Å². The summed E-state index contributed by atoms with van der Waals surface area (Å²) in [5, 5.41) is 0. The van der Waals surface area contributed by atoms with Crippen molar-refractivity contribution in [1.29, 1.82) is 0 Å². The molecule has 0 aliphatic heterocycles. The quantitative estimate of drug-likeness (QED) is 0.530. The molecule has 2 rings (SSSR count). The van der Waals surface area contributed by atoms with Gasteiger partial charge in [-0.3, -0.25) is 4.79 Å². The van der Waals surface area contributed by atoms with E-state index in [1.165, 1.54) is 44.1 Å². The maximum atomic E-state index is 12.5. The molecule has 1 fully saturated rings. The Morgan fingerprint density at radius 2 is 1.74 bits per heavy atom. The van der Waals surface area contributed by atoms with Crippen LogP contribution in [0.4, 0.5) is 0 Å². The minimum Gasteiger partial charge on any atom is -0.494 e. The van der Waals surface area contributed by atoms with Crippen LogP contribution in [0.5, 0.6) is 5.75 Å². The first-order valence-electron chi connectivity index (χ1n) is 9.50. The number of rotatable bonds is 9. The number of carbonyl (C=O) groups excluding carboxylic acids is 1. The van der Waals surface area contributed by atoms with Gasteiger partial charge in [0.25, 0.3) is 0 Å². The lowest BCUT2D eigenvalue weighted by atomic mass is 9.76. The molecule has 1 aliphatic carbocycles. The minimum absolute atomic E-state index is 0.113. The Labute approximate surface area is 141 Å². The van der Waals surface area contributed by atoms with E-state index in [0.29, 0.717) is 11.7 Å². The molecule has 1 aliphatic rings. The molecule has 0 N–H and O–H groups in total. The molecule has 0 saturated heterocycles. The Bertz CT molecular complexity index is 463. The molecule has 0 unspecified atom stereocenters. The number of hydrogen-bond donors (Lipinski definition) is 0. The van der Waals surface area contributed by atoms with Crippen LogP contribution < -0.4 is 4.74 Å². The molecule has 23 heavy (non-hydrogen) atoms. The van der Waals surface area contributed by atoms with Crippen LogP contribution in [0.2, 0.25) is 0 Å². The summed E-state index contributed by atoms with van der Waals surface area (Å²) in [4.78, 5) is 12.5. The van der Waals surface area contributed by atoms with Gasteiger partial charge in [0.2, 0.25) is 0 Å². The summed E-state index contributed by atoms with van der Waals surface area (Å²) in [6, 6.07) is 8.23. The number of carbonyl (C=O) groups is 1. The van der Waals surface area contributed by atoms with Gasteiger partial charge in [-0.15, -0.1) is 0 Å². The number of ether oxygens (including phenoxy) is 1. The SMILES string of the molecule is CCCCCOc1ccc([C@H]2CC[C@H](CCCC)CC2=O)cc1. The van der Waals surface area contributed by atoms with E-state index >= 15 is 0 Å². The standard InChI is InChI=1S/C21H32O2/c1-3-5-7-15-23-19-12-10-18(11-13-19)20-14-9-17(8-6-4-2)16-21(20)22/h10-13,17,20H,3-9,14-16H2,1-2H3/t17-,20+/m0/s1. The predicted octanol–water partition coefficient (Wildman–Crippen LogP) is 5.90. The molecule has 2 atom stereocenters. The van der Waals surface area contributed by atoms with Crippen LogP contribution in [-0.4, -0.2) is 12.4 Å². The summed E-state index contributed by atoms with van der Waals surface area (Å²) in [6.07, 6.45) is 10.2. The lowest BCUT2D eigenvalue weighted by Gasteiger charge is -2.27. The van der Waals surface area contributed by atoms with Gasteiger partial charge in [0.1, 0.15) is 11.5 Å². The number of Topliss-reactive ketones (excluding diaryl/α,β-unsaturated/α-hetero) is 1. The number of ketones is 1. The van der Waals surface area contributed by atoms with Crippen molar-refractivity contribution >= 4 is 5.78 Å². The van der Waals surface area contributed by atoms with Gasteiger partial charge in [-0.05, 0) is 42.9 Å². The topological polar surface area (TPSA) is 26.3 Å². The summed E-state index contributed by atoms with van der Waals surface area (Å²) >= 11 is 0. The largest absolute Gasteiger partial charge is 0.494 e. The second-order valence-electron chi connectivity index (χ2n) is 6.93. The Hall–Kier alpha value is -1.31. The van der Waals surface area contributed by atoms with Crippen molar-refractivity contribution in [2.75, 3.05) is 6.61 Å². The van der Waals surface area contributed by atoms with Gasteiger partial charge >= 0.3 is 0 Å². The molecule has 0 bridgehead atoms. The maximum absolute atomic E-state index is 12.5. The van der Waals surface area contributed by atoms with Gasteiger partial charge in [-0.2, -0.15) is 0 Å². The number of hydrogen-bond acceptors (Lipinski definition) is 2. The zero-order valence-electron chi connectivity index (χ0n) is 14.9. The summed E-state index contributed by atoms with van der Waals surface area (Å²) in [5.41, 5.74) is 1.17. The lowest BCUT2D eigenvalue weighted by Crippen LogP contribution is -2.23.